The molecule has 5 nitrogen and oxygen atoms in total. The minimum atomic E-state index is -5.39. The molecular formula is C24H17Cl2F10NO4S. The van der Waals surface area contributed by atoms with Gasteiger partial charge in [0, 0.05) is 17.2 Å². The highest BCUT2D eigenvalue weighted by molar-refractivity contribution is 7.91. The summed E-state index contributed by atoms with van der Waals surface area (Å²) in [6.07, 6.45) is -15.7. The number of halogens is 12. The lowest BCUT2D eigenvalue weighted by Crippen LogP contribution is -2.40. The number of carbonyl (C=O) groups is 2. The average molecular weight is 676 g/mol. The third kappa shape index (κ3) is 9.59. The summed E-state index contributed by atoms with van der Waals surface area (Å²) in [6, 6.07) is 0.684. The SMILES string of the molecule is CC(CS(=O)(=O)CC(F)(F)F)NC(=O)c1ccc(/C(F)=C/C(c2cc(Cl)c(Cl)c(C=O)c2)C(F)(F)F)cc1C(F)(F)F. The molecule has 1 amide bonds. The van der Waals surface area contributed by atoms with E-state index in [9.17, 15) is 57.5 Å². The summed E-state index contributed by atoms with van der Waals surface area (Å²) in [5, 5.41) is 0.916. The summed E-state index contributed by atoms with van der Waals surface area (Å²) in [6.45, 7) is 0.909. The lowest BCUT2D eigenvalue weighted by molar-refractivity contribution is -0.140. The van der Waals surface area contributed by atoms with Crippen LogP contribution in [-0.2, 0) is 16.0 Å². The molecule has 42 heavy (non-hydrogen) atoms. The fraction of sp³-hybridized carbons (Fsp3) is 0.333. The molecule has 0 aliphatic heterocycles. The maximum absolute atomic E-state index is 15.0. The molecule has 0 aromatic heterocycles. The van der Waals surface area contributed by atoms with Gasteiger partial charge < -0.3 is 5.32 Å². The topological polar surface area (TPSA) is 80.3 Å². The molecule has 2 unspecified atom stereocenters. The van der Waals surface area contributed by atoms with E-state index in [1.54, 1.807) is 5.32 Å². The zero-order valence-electron chi connectivity index (χ0n) is 20.7. The number of allylic oxidation sites excluding steroid dienone is 1. The number of hydrogen-bond donors (Lipinski definition) is 1. The minimum absolute atomic E-state index is 0.0188. The molecule has 232 valence electrons. The van der Waals surface area contributed by atoms with Gasteiger partial charge >= 0.3 is 18.5 Å². The molecule has 0 aliphatic carbocycles. The molecule has 2 atom stereocenters. The van der Waals surface area contributed by atoms with Gasteiger partial charge in [-0.25, -0.2) is 12.8 Å². The van der Waals surface area contributed by atoms with Crippen LogP contribution < -0.4 is 5.32 Å². The van der Waals surface area contributed by atoms with Crippen molar-refractivity contribution in [2.24, 2.45) is 0 Å². The highest BCUT2D eigenvalue weighted by Crippen LogP contribution is 2.42. The molecule has 0 saturated carbocycles. The zero-order chi connectivity index (χ0) is 32.4. The minimum Gasteiger partial charge on any atom is -0.349 e. The first-order chi connectivity index (χ1) is 18.9. The molecule has 0 radical (unpaired) electrons. The third-order valence-corrected chi connectivity index (χ3v) is 7.93. The standard InChI is InChI=1S/C24H17Cl2F10NO4S/c1-11(9-42(40,41)10-22(28,29)30)37-21(39)15-3-2-12(5-17(15)24(34,35)36)19(27)7-16(23(31,32)33)13-4-14(8-38)20(26)18(25)6-13/h2-8,11,16H,9-10H2,1H3,(H,37,39)/b19-7-. The molecule has 0 heterocycles. The smallest absolute Gasteiger partial charge is 0.349 e. The van der Waals surface area contributed by atoms with Gasteiger partial charge in [-0.2, -0.15) is 39.5 Å². The fourth-order valence-corrected chi connectivity index (χ4v) is 5.53. The van der Waals surface area contributed by atoms with Gasteiger partial charge in [0.25, 0.3) is 5.91 Å². The Morgan fingerprint density at radius 2 is 1.60 bits per heavy atom. The predicted molar refractivity (Wildman–Crippen MR) is 133 cm³/mol. The van der Waals surface area contributed by atoms with E-state index in [0.717, 1.165) is 6.92 Å². The molecule has 0 spiro atoms. The maximum atomic E-state index is 15.0. The maximum Gasteiger partial charge on any atom is 0.417 e. The summed E-state index contributed by atoms with van der Waals surface area (Å²) < 4.78 is 158. The van der Waals surface area contributed by atoms with E-state index in [0.29, 0.717) is 24.3 Å². The molecule has 0 aliphatic rings. The first-order valence-electron chi connectivity index (χ1n) is 11.1. The molecule has 18 heteroatoms. The summed E-state index contributed by atoms with van der Waals surface area (Å²) in [5.74, 6) is -9.76. The van der Waals surface area contributed by atoms with Gasteiger partial charge in [0.15, 0.2) is 16.1 Å². The number of benzene rings is 2. The highest BCUT2D eigenvalue weighted by atomic mass is 35.5. The van der Waals surface area contributed by atoms with Gasteiger partial charge in [-0.05, 0) is 42.8 Å². The largest absolute Gasteiger partial charge is 0.417 e. The second kappa shape index (κ2) is 12.8. The van der Waals surface area contributed by atoms with Crippen molar-refractivity contribution in [3.8, 4) is 0 Å². The number of alkyl halides is 9. The van der Waals surface area contributed by atoms with Crippen molar-refractivity contribution in [3.05, 3.63) is 74.3 Å². The second-order valence-electron chi connectivity index (χ2n) is 8.86. The molecule has 1 N–H and O–H groups in total. The van der Waals surface area contributed by atoms with Crippen molar-refractivity contribution >= 4 is 51.1 Å². The summed E-state index contributed by atoms with van der Waals surface area (Å²) in [5.41, 5.74) is -5.35. The Hall–Kier alpha value is -2.85. The van der Waals surface area contributed by atoms with Crippen molar-refractivity contribution in [3.63, 3.8) is 0 Å². The van der Waals surface area contributed by atoms with Crippen LogP contribution in [0.5, 0.6) is 0 Å². The number of nitrogens with one attached hydrogen (secondary N) is 1. The molecule has 2 aromatic rings. The van der Waals surface area contributed by atoms with Crippen LogP contribution in [-0.4, -0.2) is 50.5 Å². The number of hydrogen-bond acceptors (Lipinski definition) is 4. The van der Waals surface area contributed by atoms with Crippen molar-refractivity contribution in [1.29, 1.82) is 0 Å². The van der Waals surface area contributed by atoms with Gasteiger partial charge in [-0.15, -0.1) is 0 Å². The van der Waals surface area contributed by atoms with Gasteiger partial charge in [0.05, 0.1) is 26.9 Å². The van der Waals surface area contributed by atoms with Crippen LogP contribution in [0.4, 0.5) is 43.9 Å². The van der Waals surface area contributed by atoms with Crippen molar-refractivity contribution in [1.82, 2.24) is 5.32 Å². The highest BCUT2D eigenvalue weighted by Gasteiger charge is 2.41. The van der Waals surface area contributed by atoms with E-state index in [4.69, 9.17) is 23.2 Å². The third-order valence-electron chi connectivity index (χ3n) is 5.34. The number of amides is 1. The average Bonchev–Trinajstić information content (AvgIpc) is 2.80. The zero-order valence-corrected chi connectivity index (χ0v) is 23.0. The van der Waals surface area contributed by atoms with Crippen LogP contribution in [0.25, 0.3) is 5.83 Å². The number of rotatable bonds is 9. The summed E-state index contributed by atoms with van der Waals surface area (Å²) in [7, 11) is -4.82. The molecule has 2 rings (SSSR count). The second-order valence-corrected chi connectivity index (χ2v) is 11.8. The Labute approximate surface area is 241 Å². The van der Waals surface area contributed by atoms with Crippen LogP contribution >= 0.6 is 23.2 Å². The Bertz CT molecular complexity index is 1490. The van der Waals surface area contributed by atoms with Gasteiger partial charge in [0.1, 0.15) is 17.5 Å². The van der Waals surface area contributed by atoms with E-state index in [1.807, 2.05) is 0 Å². The van der Waals surface area contributed by atoms with E-state index >= 15 is 4.39 Å². The predicted octanol–water partition coefficient (Wildman–Crippen LogP) is 7.58. The first-order valence-corrected chi connectivity index (χ1v) is 13.7. The van der Waals surface area contributed by atoms with E-state index in [-0.39, 0.29) is 18.4 Å². The molecule has 0 bridgehead atoms. The Morgan fingerprint density at radius 1 is 1.00 bits per heavy atom. The van der Waals surface area contributed by atoms with E-state index in [2.05, 4.69) is 0 Å². The van der Waals surface area contributed by atoms with E-state index in [1.165, 1.54) is 0 Å². The van der Waals surface area contributed by atoms with Crippen LogP contribution in [0.2, 0.25) is 10.0 Å². The normalized spacial score (nSPS) is 14.8. The lowest BCUT2D eigenvalue weighted by atomic mass is 9.94. The van der Waals surface area contributed by atoms with Gasteiger partial charge in [0.2, 0.25) is 0 Å². The fourth-order valence-electron chi connectivity index (χ4n) is 3.68. The Morgan fingerprint density at radius 3 is 2.10 bits per heavy atom. The molecular weight excluding hydrogens is 659 g/mol. The van der Waals surface area contributed by atoms with Crippen LogP contribution in [0.15, 0.2) is 36.4 Å². The van der Waals surface area contributed by atoms with E-state index < -0.39 is 101 Å². The Kier molecular flexibility index (Phi) is 10.8. The molecule has 0 saturated heterocycles. The number of aldehydes is 1. The van der Waals surface area contributed by atoms with Gasteiger partial charge in [-0.3, -0.25) is 9.59 Å². The number of carbonyl (C=O) groups excluding carboxylic acids is 2. The van der Waals surface area contributed by atoms with Crippen molar-refractivity contribution in [2.75, 3.05) is 11.5 Å². The van der Waals surface area contributed by atoms with Crippen molar-refractivity contribution in [2.45, 2.75) is 37.4 Å². The monoisotopic (exact) mass is 675 g/mol. The first kappa shape index (κ1) is 35.3. The summed E-state index contributed by atoms with van der Waals surface area (Å²) in [4.78, 5) is 23.6. The van der Waals surface area contributed by atoms with Crippen molar-refractivity contribution < 1.29 is 61.9 Å². The quantitative estimate of drug-likeness (QED) is 0.220. The van der Waals surface area contributed by atoms with Crippen LogP contribution in [0, 0.1) is 0 Å². The lowest BCUT2D eigenvalue weighted by Gasteiger charge is -2.20. The van der Waals surface area contributed by atoms with Crippen LogP contribution in [0.3, 0.4) is 0 Å². The Balaban J connectivity index is 2.49. The van der Waals surface area contributed by atoms with Crippen LogP contribution in [0.1, 0.15) is 50.2 Å². The molecule has 2 aromatic carbocycles. The molecule has 0 fully saturated rings. The number of sulfone groups is 1. The van der Waals surface area contributed by atoms with Gasteiger partial charge in [-0.1, -0.05) is 29.3 Å². The summed E-state index contributed by atoms with van der Waals surface area (Å²) >= 11 is 11.5.